The van der Waals surface area contributed by atoms with Gasteiger partial charge in [0.05, 0.1) is 17.6 Å². The van der Waals surface area contributed by atoms with Gasteiger partial charge >= 0.3 is 0 Å². The highest BCUT2D eigenvalue weighted by molar-refractivity contribution is 5.90. The summed E-state index contributed by atoms with van der Waals surface area (Å²) in [6.07, 6.45) is 2.88. The maximum atomic E-state index is 13.1. The Labute approximate surface area is 98.3 Å². The highest BCUT2D eigenvalue weighted by Crippen LogP contribution is 2.23. The number of hydrogen-bond donors (Lipinski definition) is 3. The molecule has 2 rings (SSSR count). The molecule has 0 aliphatic heterocycles. The van der Waals surface area contributed by atoms with Crippen LogP contribution in [0.25, 0.3) is 11.0 Å². The van der Waals surface area contributed by atoms with Crippen LogP contribution in [0.4, 0.5) is 10.1 Å². The van der Waals surface area contributed by atoms with Crippen molar-refractivity contribution in [3.63, 3.8) is 0 Å². The fourth-order valence-corrected chi connectivity index (χ4v) is 1.47. The van der Waals surface area contributed by atoms with Gasteiger partial charge in [-0.15, -0.1) is 0 Å². The van der Waals surface area contributed by atoms with Crippen molar-refractivity contribution < 1.29 is 4.39 Å². The van der Waals surface area contributed by atoms with Gasteiger partial charge in [0.25, 0.3) is 0 Å². The summed E-state index contributed by atoms with van der Waals surface area (Å²) in [5.74, 6) is -0.377. The lowest BCUT2D eigenvalue weighted by atomic mass is 10.3. The van der Waals surface area contributed by atoms with E-state index in [1.54, 1.807) is 13.2 Å². The number of fused-ring (bicyclic) bond motifs is 1. The van der Waals surface area contributed by atoms with Gasteiger partial charge in [-0.25, -0.2) is 9.37 Å². The first-order valence-corrected chi connectivity index (χ1v) is 5.07. The number of H-pyrrole nitrogens is 1. The van der Waals surface area contributed by atoms with E-state index in [0.717, 1.165) is 0 Å². The van der Waals surface area contributed by atoms with E-state index in [-0.39, 0.29) is 5.82 Å². The molecule has 0 amide bonds. The summed E-state index contributed by atoms with van der Waals surface area (Å²) in [6.45, 7) is 7.61. The molecule has 2 heterocycles. The van der Waals surface area contributed by atoms with Gasteiger partial charge in [-0.05, 0) is 6.07 Å². The Morgan fingerprint density at radius 3 is 2.88 bits per heavy atom. The van der Waals surface area contributed by atoms with Crippen LogP contribution < -0.4 is 10.6 Å². The Hall–Kier alpha value is -2.30. The van der Waals surface area contributed by atoms with Gasteiger partial charge in [-0.2, -0.15) is 0 Å². The van der Waals surface area contributed by atoms with Gasteiger partial charge in [-0.3, -0.25) is 0 Å². The molecule has 0 aliphatic rings. The molecular formula is C12H13FN4. The van der Waals surface area contributed by atoms with E-state index in [0.29, 0.717) is 28.1 Å². The number of halogens is 1. The lowest BCUT2D eigenvalue weighted by Crippen LogP contribution is -2.11. The molecule has 2 aromatic heterocycles. The fraction of sp³-hybridized carbons (Fsp3) is 0.0833. The molecule has 0 bridgehead atoms. The molecule has 5 heteroatoms. The minimum Gasteiger partial charge on any atom is -0.387 e. The van der Waals surface area contributed by atoms with Crippen LogP contribution in [-0.2, 0) is 0 Å². The molecule has 0 radical (unpaired) electrons. The van der Waals surface area contributed by atoms with Crippen LogP contribution >= 0.6 is 0 Å². The van der Waals surface area contributed by atoms with Crippen LogP contribution in [-0.4, -0.2) is 17.0 Å². The summed E-state index contributed by atoms with van der Waals surface area (Å²) >= 11 is 0. The minimum absolute atomic E-state index is 0.377. The third-order valence-electron chi connectivity index (χ3n) is 2.45. The number of aromatic nitrogens is 2. The number of pyridine rings is 1. The first-order chi connectivity index (χ1) is 8.11. The molecular weight excluding hydrogens is 219 g/mol. The van der Waals surface area contributed by atoms with Crippen LogP contribution in [0.5, 0.6) is 0 Å². The molecule has 4 nitrogen and oxygen atoms in total. The van der Waals surface area contributed by atoms with Crippen LogP contribution in [0.3, 0.4) is 0 Å². The maximum Gasteiger partial charge on any atom is 0.142 e. The summed E-state index contributed by atoms with van der Waals surface area (Å²) in [4.78, 5) is 6.88. The van der Waals surface area contributed by atoms with Gasteiger partial charge < -0.3 is 15.6 Å². The Morgan fingerprint density at radius 1 is 1.41 bits per heavy atom. The number of rotatable bonds is 4. The van der Waals surface area contributed by atoms with Crippen molar-refractivity contribution in [3.05, 3.63) is 48.8 Å². The Kier molecular flexibility index (Phi) is 2.82. The molecule has 0 fully saturated rings. The topological polar surface area (TPSA) is 52.7 Å². The zero-order valence-electron chi connectivity index (χ0n) is 9.47. The van der Waals surface area contributed by atoms with Crippen molar-refractivity contribution in [3.8, 4) is 0 Å². The number of nitrogens with zero attached hydrogens (tertiary/aromatic N) is 1. The second kappa shape index (κ2) is 4.29. The van der Waals surface area contributed by atoms with Gasteiger partial charge in [0.2, 0.25) is 0 Å². The fourth-order valence-electron chi connectivity index (χ4n) is 1.47. The minimum atomic E-state index is -0.377. The highest BCUT2D eigenvalue weighted by atomic mass is 19.1. The van der Waals surface area contributed by atoms with Gasteiger partial charge in [0, 0.05) is 24.3 Å². The standard InChI is InChI=1S/C12H13FN4/c1-7(14-3)8(2)17-11-6-16-12-10(11)4-9(13)5-15-12/h4-6,14,17H,1-2H2,3H3,(H,15,16). The second-order valence-corrected chi connectivity index (χ2v) is 3.58. The Bertz CT molecular complexity index is 585. The molecule has 17 heavy (non-hydrogen) atoms. The first kappa shape index (κ1) is 11.2. The second-order valence-electron chi connectivity index (χ2n) is 3.58. The lowest BCUT2D eigenvalue weighted by Gasteiger charge is -2.10. The zero-order valence-corrected chi connectivity index (χ0v) is 9.47. The summed E-state index contributed by atoms with van der Waals surface area (Å²) in [5, 5.41) is 6.60. The molecule has 88 valence electrons. The molecule has 0 saturated carbocycles. The van der Waals surface area contributed by atoms with Crippen LogP contribution in [0.1, 0.15) is 0 Å². The summed E-state index contributed by atoms with van der Waals surface area (Å²) in [6, 6.07) is 1.41. The molecule has 0 atom stereocenters. The van der Waals surface area contributed by atoms with Crippen molar-refractivity contribution in [2.75, 3.05) is 12.4 Å². The van der Waals surface area contributed by atoms with Crippen LogP contribution in [0, 0.1) is 5.82 Å². The highest BCUT2D eigenvalue weighted by Gasteiger charge is 2.07. The Morgan fingerprint density at radius 2 is 2.18 bits per heavy atom. The molecule has 3 N–H and O–H groups in total. The predicted molar refractivity (Wildman–Crippen MR) is 67.0 cm³/mol. The van der Waals surface area contributed by atoms with Crippen LogP contribution in [0.15, 0.2) is 43.0 Å². The van der Waals surface area contributed by atoms with E-state index in [9.17, 15) is 4.39 Å². The quantitative estimate of drug-likeness (QED) is 0.709. The van der Waals surface area contributed by atoms with Crippen molar-refractivity contribution in [1.29, 1.82) is 0 Å². The maximum absolute atomic E-state index is 13.1. The van der Waals surface area contributed by atoms with E-state index in [1.165, 1.54) is 12.3 Å². The van der Waals surface area contributed by atoms with Crippen molar-refractivity contribution >= 4 is 16.7 Å². The van der Waals surface area contributed by atoms with Crippen molar-refractivity contribution in [2.24, 2.45) is 0 Å². The molecule has 0 saturated heterocycles. The Balaban J connectivity index is 2.33. The van der Waals surface area contributed by atoms with E-state index >= 15 is 0 Å². The van der Waals surface area contributed by atoms with E-state index in [1.807, 2.05) is 0 Å². The molecule has 2 aromatic rings. The lowest BCUT2D eigenvalue weighted by molar-refractivity contribution is 0.624. The molecule has 0 aliphatic carbocycles. The zero-order chi connectivity index (χ0) is 12.4. The summed E-state index contributed by atoms with van der Waals surface area (Å²) in [5.41, 5.74) is 2.63. The summed E-state index contributed by atoms with van der Waals surface area (Å²) < 4.78 is 13.1. The normalized spacial score (nSPS) is 10.2. The average Bonchev–Trinajstić information content (AvgIpc) is 2.71. The van der Waals surface area contributed by atoms with E-state index < -0.39 is 0 Å². The first-order valence-electron chi connectivity index (χ1n) is 5.07. The number of hydrogen-bond acceptors (Lipinski definition) is 3. The van der Waals surface area contributed by atoms with Gasteiger partial charge in [-0.1, -0.05) is 13.2 Å². The SMILES string of the molecule is C=C(NC)C(=C)Nc1c[nH]c2ncc(F)cc12. The van der Waals surface area contributed by atoms with E-state index in [4.69, 9.17) is 0 Å². The third kappa shape index (κ3) is 2.13. The van der Waals surface area contributed by atoms with Gasteiger partial charge in [0.15, 0.2) is 0 Å². The molecule has 0 unspecified atom stereocenters. The monoisotopic (exact) mass is 232 g/mol. The number of nitrogens with one attached hydrogen (secondary N) is 3. The average molecular weight is 232 g/mol. The number of likely N-dealkylation sites (N-methyl/N-ethyl adjacent to an activating group) is 1. The van der Waals surface area contributed by atoms with E-state index in [2.05, 4.69) is 33.8 Å². The largest absolute Gasteiger partial charge is 0.387 e. The summed E-state index contributed by atoms with van der Waals surface area (Å²) in [7, 11) is 1.76. The van der Waals surface area contributed by atoms with Gasteiger partial charge in [0.1, 0.15) is 11.5 Å². The molecule has 0 aromatic carbocycles. The van der Waals surface area contributed by atoms with Crippen molar-refractivity contribution in [1.82, 2.24) is 15.3 Å². The third-order valence-corrected chi connectivity index (χ3v) is 2.45. The number of anilines is 1. The smallest absolute Gasteiger partial charge is 0.142 e. The predicted octanol–water partition coefficient (Wildman–Crippen LogP) is 2.36. The molecule has 0 spiro atoms. The van der Waals surface area contributed by atoms with Crippen LogP contribution in [0.2, 0.25) is 0 Å². The van der Waals surface area contributed by atoms with Crippen molar-refractivity contribution in [2.45, 2.75) is 0 Å². The number of aromatic amines is 1.